The van der Waals surface area contributed by atoms with Gasteiger partial charge in [-0.2, -0.15) is 5.10 Å². The summed E-state index contributed by atoms with van der Waals surface area (Å²) >= 11 is 0. The lowest BCUT2D eigenvalue weighted by molar-refractivity contribution is -0.126. The van der Waals surface area contributed by atoms with Crippen molar-refractivity contribution in [3.05, 3.63) is 53.6 Å². The van der Waals surface area contributed by atoms with Crippen molar-refractivity contribution in [1.82, 2.24) is 20.4 Å². The van der Waals surface area contributed by atoms with Crippen LogP contribution in [-0.4, -0.2) is 28.8 Å². The SMILES string of the molecule is Cn1cc([C@H]2CNC[C@@H]2C(=O)NC(c2ccc(F)cc2)C(C)(C)C)cn1. The molecule has 1 aliphatic rings. The lowest BCUT2D eigenvalue weighted by atomic mass is 9.81. The number of carbonyl (C=O) groups excluding carboxylic acids is 1. The van der Waals surface area contributed by atoms with E-state index in [-0.39, 0.29) is 35.0 Å². The zero-order valence-electron chi connectivity index (χ0n) is 15.8. The monoisotopic (exact) mass is 358 g/mol. The molecule has 0 aliphatic carbocycles. The number of rotatable bonds is 4. The Morgan fingerprint density at radius 1 is 1.31 bits per heavy atom. The molecule has 1 amide bonds. The molecular formula is C20H27FN4O. The fourth-order valence-electron chi connectivity index (χ4n) is 3.64. The van der Waals surface area contributed by atoms with Gasteiger partial charge in [-0.3, -0.25) is 9.48 Å². The number of aryl methyl sites for hydroxylation is 1. The van der Waals surface area contributed by atoms with Crippen molar-refractivity contribution in [2.75, 3.05) is 13.1 Å². The Morgan fingerprint density at radius 2 is 2.00 bits per heavy atom. The predicted molar refractivity (Wildman–Crippen MR) is 99.0 cm³/mol. The van der Waals surface area contributed by atoms with Gasteiger partial charge in [0.2, 0.25) is 5.91 Å². The van der Waals surface area contributed by atoms with Crippen LogP contribution in [0, 0.1) is 17.2 Å². The number of nitrogens with zero attached hydrogens (tertiary/aromatic N) is 2. The molecule has 2 aromatic rings. The molecule has 1 aromatic carbocycles. The third kappa shape index (κ3) is 3.96. The van der Waals surface area contributed by atoms with Crippen molar-refractivity contribution in [2.45, 2.75) is 32.7 Å². The molecular weight excluding hydrogens is 331 g/mol. The van der Waals surface area contributed by atoms with Gasteiger partial charge < -0.3 is 10.6 Å². The minimum atomic E-state index is -0.274. The first-order chi connectivity index (χ1) is 12.3. The molecule has 0 radical (unpaired) electrons. The van der Waals surface area contributed by atoms with Gasteiger partial charge in [-0.05, 0) is 28.7 Å². The zero-order chi connectivity index (χ0) is 18.9. The van der Waals surface area contributed by atoms with Crippen LogP contribution in [0.15, 0.2) is 36.7 Å². The molecule has 0 saturated carbocycles. The van der Waals surface area contributed by atoms with Crippen LogP contribution in [0.1, 0.15) is 43.9 Å². The quantitative estimate of drug-likeness (QED) is 0.884. The molecule has 140 valence electrons. The van der Waals surface area contributed by atoms with Crippen LogP contribution in [0.4, 0.5) is 4.39 Å². The summed E-state index contributed by atoms with van der Waals surface area (Å²) in [7, 11) is 1.88. The van der Waals surface area contributed by atoms with Gasteiger partial charge in [0.15, 0.2) is 0 Å². The summed E-state index contributed by atoms with van der Waals surface area (Å²) in [6.45, 7) is 7.64. The summed E-state index contributed by atoms with van der Waals surface area (Å²) < 4.78 is 15.1. The largest absolute Gasteiger partial charge is 0.348 e. The molecule has 1 unspecified atom stereocenters. The summed E-state index contributed by atoms with van der Waals surface area (Å²) in [6, 6.07) is 6.19. The van der Waals surface area contributed by atoms with E-state index in [0.717, 1.165) is 17.7 Å². The maximum Gasteiger partial charge on any atom is 0.225 e. The first-order valence-corrected chi connectivity index (χ1v) is 9.01. The summed E-state index contributed by atoms with van der Waals surface area (Å²) in [5.74, 6) is -0.292. The third-order valence-electron chi connectivity index (χ3n) is 5.06. The normalized spacial score (nSPS) is 21.6. The molecule has 1 aliphatic heterocycles. The fourth-order valence-corrected chi connectivity index (χ4v) is 3.64. The van der Waals surface area contributed by atoms with Crippen molar-refractivity contribution in [1.29, 1.82) is 0 Å². The molecule has 1 aromatic heterocycles. The lowest BCUT2D eigenvalue weighted by Gasteiger charge is -2.33. The maximum absolute atomic E-state index is 13.3. The minimum absolute atomic E-state index is 0.0214. The fraction of sp³-hybridized carbons (Fsp3) is 0.500. The average molecular weight is 358 g/mol. The Labute approximate surface area is 154 Å². The Hall–Kier alpha value is -2.21. The summed E-state index contributed by atoms with van der Waals surface area (Å²) in [6.07, 6.45) is 3.80. The molecule has 2 N–H and O–H groups in total. The number of hydrogen-bond acceptors (Lipinski definition) is 3. The highest BCUT2D eigenvalue weighted by Crippen LogP contribution is 2.35. The van der Waals surface area contributed by atoms with E-state index < -0.39 is 0 Å². The molecule has 2 heterocycles. The van der Waals surface area contributed by atoms with Crippen LogP contribution >= 0.6 is 0 Å². The molecule has 26 heavy (non-hydrogen) atoms. The first kappa shape index (κ1) is 18.6. The number of carbonyl (C=O) groups is 1. The topological polar surface area (TPSA) is 59.0 Å². The zero-order valence-corrected chi connectivity index (χ0v) is 15.8. The lowest BCUT2D eigenvalue weighted by Crippen LogP contribution is -2.41. The molecule has 0 bridgehead atoms. The van der Waals surface area contributed by atoms with E-state index in [0.29, 0.717) is 6.54 Å². The molecule has 3 rings (SSSR count). The second-order valence-electron chi connectivity index (χ2n) is 8.18. The van der Waals surface area contributed by atoms with Crippen molar-refractivity contribution < 1.29 is 9.18 Å². The van der Waals surface area contributed by atoms with E-state index in [1.807, 2.05) is 19.4 Å². The first-order valence-electron chi connectivity index (χ1n) is 9.01. The van der Waals surface area contributed by atoms with Crippen LogP contribution in [0.25, 0.3) is 0 Å². The third-order valence-corrected chi connectivity index (χ3v) is 5.06. The standard InChI is InChI=1S/C20H27FN4O/c1-20(2,3)18(13-5-7-15(21)8-6-13)24-19(26)17-11-22-10-16(17)14-9-23-25(4)12-14/h5-9,12,16-18,22H,10-11H2,1-4H3,(H,24,26)/t16-,17+,18?/m1/s1. The minimum Gasteiger partial charge on any atom is -0.348 e. The highest BCUT2D eigenvalue weighted by atomic mass is 19.1. The van der Waals surface area contributed by atoms with E-state index in [2.05, 4.69) is 36.5 Å². The van der Waals surface area contributed by atoms with Crippen LogP contribution < -0.4 is 10.6 Å². The number of hydrogen-bond donors (Lipinski definition) is 2. The van der Waals surface area contributed by atoms with Crippen molar-refractivity contribution in [2.24, 2.45) is 18.4 Å². The van der Waals surface area contributed by atoms with Gasteiger partial charge in [0.05, 0.1) is 18.2 Å². The second-order valence-corrected chi connectivity index (χ2v) is 8.18. The number of halogens is 1. The average Bonchev–Trinajstić information content (AvgIpc) is 3.21. The van der Waals surface area contributed by atoms with Gasteiger partial charge >= 0.3 is 0 Å². The van der Waals surface area contributed by atoms with Crippen LogP contribution in [0.3, 0.4) is 0 Å². The van der Waals surface area contributed by atoms with Crippen LogP contribution in [0.2, 0.25) is 0 Å². The number of nitrogens with one attached hydrogen (secondary N) is 2. The van der Waals surface area contributed by atoms with Gasteiger partial charge in [0, 0.05) is 32.3 Å². The molecule has 6 heteroatoms. The molecule has 3 atom stereocenters. The van der Waals surface area contributed by atoms with E-state index in [9.17, 15) is 9.18 Å². The summed E-state index contributed by atoms with van der Waals surface area (Å²) in [4.78, 5) is 13.1. The Bertz CT molecular complexity index is 763. The highest BCUT2D eigenvalue weighted by molar-refractivity contribution is 5.81. The van der Waals surface area contributed by atoms with Gasteiger partial charge in [-0.25, -0.2) is 4.39 Å². The van der Waals surface area contributed by atoms with Crippen LogP contribution in [0.5, 0.6) is 0 Å². The van der Waals surface area contributed by atoms with Crippen molar-refractivity contribution in [3.63, 3.8) is 0 Å². The highest BCUT2D eigenvalue weighted by Gasteiger charge is 2.37. The molecule has 5 nitrogen and oxygen atoms in total. The van der Waals surface area contributed by atoms with Gasteiger partial charge in [0.25, 0.3) is 0 Å². The van der Waals surface area contributed by atoms with Crippen molar-refractivity contribution in [3.8, 4) is 0 Å². The van der Waals surface area contributed by atoms with Gasteiger partial charge in [-0.1, -0.05) is 32.9 Å². The van der Waals surface area contributed by atoms with Gasteiger partial charge in [0.1, 0.15) is 5.82 Å². The number of aromatic nitrogens is 2. The second kappa shape index (κ2) is 7.19. The smallest absolute Gasteiger partial charge is 0.225 e. The van der Waals surface area contributed by atoms with E-state index in [1.165, 1.54) is 12.1 Å². The van der Waals surface area contributed by atoms with E-state index in [4.69, 9.17) is 0 Å². The van der Waals surface area contributed by atoms with Gasteiger partial charge in [-0.15, -0.1) is 0 Å². The number of amides is 1. The molecule has 0 spiro atoms. The Morgan fingerprint density at radius 3 is 2.58 bits per heavy atom. The van der Waals surface area contributed by atoms with E-state index >= 15 is 0 Å². The predicted octanol–water partition coefficient (Wildman–Crippen LogP) is 2.77. The molecule has 1 fully saturated rings. The van der Waals surface area contributed by atoms with Crippen LogP contribution in [-0.2, 0) is 11.8 Å². The summed E-state index contributed by atoms with van der Waals surface area (Å²) in [5, 5.41) is 10.8. The summed E-state index contributed by atoms with van der Waals surface area (Å²) in [5.41, 5.74) is 1.80. The molecule has 1 saturated heterocycles. The van der Waals surface area contributed by atoms with E-state index in [1.54, 1.807) is 16.8 Å². The maximum atomic E-state index is 13.3. The Balaban J connectivity index is 1.80. The Kier molecular flexibility index (Phi) is 5.14. The van der Waals surface area contributed by atoms with Crippen molar-refractivity contribution >= 4 is 5.91 Å². The number of benzene rings is 1.